The number of carbonyl (C=O) groups is 1. The van der Waals surface area contributed by atoms with Crippen molar-refractivity contribution in [1.82, 2.24) is 0 Å². The van der Waals surface area contributed by atoms with E-state index in [4.69, 9.17) is 0 Å². The third kappa shape index (κ3) is 5.36. The lowest BCUT2D eigenvalue weighted by Crippen LogP contribution is -1.97. The van der Waals surface area contributed by atoms with Gasteiger partial charge in [0.25, 0.3) is 0 Å². The molecule has 0 unspecified atom stereocenters. The third-order valence-electron chi connectivity index (χ3n) is 0.516. The predicted molar refractivity (Wildman–Crippen MR) is 36.4 cm³/mol. The summed E-state index contributed by atoms with van der Waals surface area (Å²) in [6.07, 6.45) is 2.20. The van der Waals surface area contributed by atoms with Crippen molar-refractivity contribution >= 4 is 22.1 Å². The molecule has 0 radical (unpaired) electrons. The lowest BCUT2D eigenvalue weighted by atomic mass is 10.7. The van der Waals surface area contributed by atoms with Crippen LogP contribution in [-0.4, -0.2) is 18.6 Å². The predicted octanol–water partition coefficient (Wildman–Crippen LogP) is 1.68. The van der Waals surface area contributed by atoms with Gasteiger partial charge in [-0.1, -0.05) is 15.9 Å². The molecule has 0 aromatic carbocycles. The second-order valence-electron chi connectivity index (χ2n) is 1.10. The molecule has 0 N–H and O–H groups in total. The number of halogens is 1. The van der Waals surface area contributed by atoms with Gasteiger partial charge in [0.1, 0.15) is 0 Å². The van der Waals surface area contributed by atoms with Crippen LogP contribution in [0.4, 0.5) is 4.79 Å². The van der Waals surface area contributed by atoms with E-state index in [9.17, 15) is 4.79 Å². The lowest BCUT2D eigenvalue weighted by molar-refractivity contribution is 0.106. The van der Waals surface area contributed by atoms with Crippen LogP contribution in [0.5, 0.6) is 0 Å². The van der Waals surface area contributed by atoms with Crippen LogP contribution in [0.15, 0.2) is 12.3 Å². The van der Waals surface area contributed by atoms with Crippen LogP contribution < -0.4 is 0 Å². The maximum Gasteiger partial charge on any atom is 0.512 e. The number of alkyl halides is 1. The number of hydrogen-bond donors (Lipinski definition) is 0. The minimum Gasteiger partial charge on any atom is -0.437 e. The number of allylic oxidation sites excluding steroid dienone is 1. The summed E-state index contributed by atoms with van der Waals surface area (Å²) >= 11 is 3.10. The Balaban J connectivity index is 3.26. The number of hydrogen-bond acceptors (Lipinski definition) is 3. The summed E-state index contributed by atoms with van der Waals surface area (Å²) in [5.74, 6) is 0. The number of methoxy groups -OCH3 is 1. The van der Waals surface area contributed by atoms with Crippen molar-refractivity contribution in [3.05, 3.63) is 12.3 Å². The molecular weight excluding hydrogens is 188 g/mol. The number of ether oxygens (including phenoxy) is 2. The lowest BCUT2D eigenvalue weighted by Gasteiger charge is -1.92. The van der Waals surface area contributed by atoms with Gasteiger partial charge in [-0.25, -0.2) is 4.79 Å². The summed E-state index contributed by atoms with van der Waals surface area (Å²) in [4.78, 5) is 10.2. The van der Waals surface area contributed by atoms with Crippen LogP contribution in [0.2, 0.25) is 0 Å². The minimum atomic E-state index is -0.702. The Hall–Kier alpha value is -0.510. The first kappa shape index (κ1) is 8.49. The summed E-state index contributed by atoms with van der Waals surface area (Å²) in [7, 11) is 1.25. The number of carbonyl (C=O) groups excluding carboxylic acids is 1. The largest absolute Gasteiger partial charge is 0.512 e. The van der Waals surface area contributed by atoms with Gasteiger partial charge in [-0.05, 0) is 6.08 Å². The first-order chi connectivity index (χ1) is 4.31. The molecule has 0 bridgehead atoms. The molecule has 52 valence electrons. The SMILES string of the molecule is COC(=O)O/C=C\CBr. The van der Waals surface area contributed by atoms with Gasteiger partial charge in [0, 0.05) is 5.33 Å². The van der Waals surface area contributed by atoms with E-state index in [2.05, 4.69) is 25.4 Å². The van der Waals surface area contributed by atoms with Crippen LogP contribution >= 0.6 is 15.9 Å². The molecule has 0 aliphatic carbocycles. The van der Waals surface area contributed by atoms with Crippen molar-refractivity contribution in [1.29, 1.82) is 0 Å². The average molecular weight is 195 g/mol. The van der Waals surface area contributed by atoms with E-state index >= 15 is 0 Å². The van der Waals surface area contributed by atoms with Gasteiger partial charge in [-0.2, -0.15) is 0 Å². The highest BCUT2D eigenvalue weighted by Crippen LogP contribution is 1.85. The average Bonchev–Trinajstić information content (AvgIpc) is 1.89. The summed E-state index contributed by atoms with van der Waals surface area (Å²) in [6, 6.07) is 0. The normalized spacial score (nSPS) is 9.56. The molecule has 0 aliphatic rings. The third-order valence-corrected chi connectivity index (χ3v) is 0.890. The fourth-order valence-electron chi connectivity index (χ4n) is 0.188. The first-order valence-corrected chi connectivity index (χ1v) is 3.39. The quantitative estimate of drug-likeness (QED) is 0.382. The van der Waals surface area contributed by atoms with Gasteiger partial charge in [-0.15, -0.1) is 0 Å². The maximum atomic E-state index is 10.2. The molecule has 0 atom stereocenters. The highest BCUT2D eigenvalue weighted by Gasteiger charge is 1.92. The molecule has 0 aromatic heterocycles. The molecule has 3 nitrogen and oxygen atoms in total. The zero-order valence-corrected chi connectivity index (χ0v) is 6.55. The van der Waals surface area contributed by atoms with E-state index in [0.29, 0.717) is 5.33 Å². The second-order valence-corrected chi connectivity index (χ2v) is 1.75. The maximum absolute atomic E-state index is 10.2. The van der Waals surface area contributed by atoms with Gasteiger partial charge in [0.05, 0.1) is 13.4 Å². The first-order valence-electron chi connectivity index (χ1n) is 2.27. The summed E-state index contributed by atoms with van der Waals surface area (Å²) in [5, 5.41) is 0.657. The molecule has 0 saturated heterocycles. The van der Waals surface area contributed by atoms with Crippen molar-refractivity contribution in [3.8, 4) is 0 Å². The zero-order valence-electron chi connectivity index (χ0n) is 4.96. The van der Waals surface area contributed by atoms with E-state index in [1.807, 2.05) is 0 Å². The highest BCUT2D eigenvalue weighted by molar-refractivity contribution is 9.09. The van der Waals surface area contributed by atoms with Crippen molar-refractivity contribution in [2.45, 2.75) is 0 Å². The molecule has 0 amide bonds. The summed E-state index contributed by atoms with van der Waals surface area (Å²) < 4.78 is 8.53. The van der Waals surface area contributed by atoms with Gasteiger partial charge in [0.15, 0.2) is 0 Å². The Morgan fingerprint density at radius 1 is 1.78 bits per heavy atom. The summed E-state index contributed by atoms with van der Waals surface area (Å²) in [6.45, 7) is 0. The molecule has 4 heteroatoms. The van der Waals surface area contributed by atoms with E-state index in [-0.39, 0.29) is 0 Å². The Bertz CT molecular complexity index is 111. The fraction of sp³-hybridized carbons (Fsp3) is 0.400. The fourth-order valence-corrected chi connectivity index (χ4v) is 0.341. The molecule has 0 saturated carbocycles. The Labute approximate surface area is 61.8 Å². The molecule has 0 aromatic rings. The Kier molecular flexibility index (Phi) is 5.30. The van der Waals surface area contributed by atoms with Gasteiger partial charge < -0.3 is 9.47 Å². The Morgan fingerprint density at radius 2 is 2.44 bits per heavy atom. The van der Waals surface area contributed by atoms with Crippen LogP contribution in [0.1, 0.15) is 0 Å². The van der Waals surface area contributed by atoms with E-state index in [1.54, 1.807) is 6.08 Å². The number of rotatable bonds is 2. The monoisotopic (exact) mass is 194 g/mol. The van der Waals surface area contributed by atoms with E-state index < -0.39 is 6.16 Å². The molecule has 0 spiro atoms. The smallest absolute Gasteiger partial charge is 0.437 e. The Morgan fingerprint density at radius 3 is 2.89 bits per heavy atom. The van der Waals surface area contributed by atoms with Crippen LogP contribution in [-0.2, 0) is 9.47 Å². The standard InChI is InChI=1S/C5H7BrO3/c1-8-5(7)9-4-2-3-6/h2,4H,3H2,1H3/b4-2-. The van der Waals surface area contributed by atoms with Crippen molar-refractivity contribution in [2.24, 2.45) is 0 Å². The summed E-state index contributed by atoms with van der Waals surface area (Å²) in [5.41, 5.74) is 0. The van der Waals surface area contributed by atoms with E-state index in [1.165, 1.54) is 13.4 Å². The second kappa shape index (κ2) is 5.62. The van der Waals surface area contributed by atoms with Crippen LogP contribution in [0.25, 0.3) is 0 Å². The van der Waals surface area contributed by atoms with Gasteiger partial charge >= 0.3 is 6.16 Å². The molecule has 0 fully saturated rings. The molecule has 0 rings (SSSR count). The topological polar surface area (TPSA) is 35.5 Å². The molecule has 0 heterocycles. The molecule has 0 aliphatic heterocycles. The van der Waals surface area contributed by atoms with Gasteiger partial charge in [-0.3, -0.25) is 0 Å². The van der Waals surface area contributed by atoms with Crippen molar-refractivity contribution < 1.29 is 14.3 Å². The minimum absolute atomic E-state index is 0.657. The van der Waals surface area contributed by atoms with E-state index in [0.717, 1.165) is 0 Å². The van der Waals surface area contributed by atoms with Crippen LogP contribution in [0.3, 0.4) is 0 Å². The highest BCUT2D eigenvalue weighted by atomic mass is 79.9. The molecular formula is C5H7BrO3. The van der Waals surface area contributed by atoms with Crippen molar-refractivity contribution in [3.63, 3.8) is 0 Å². The van der Waals surface area contributed by atoms with Crippen molar-refractivity contribution in [2.75, 3.05) is 12.4 Å². The zero-order chi connectivity index (χ0) is 7.11. The van der Waals surface area contributed by atoms with Crippen LogP contribution in [0, 0.1) is 0 Å². The van der Waals surface area contributed by atoms with Gasteiger partial charge in [0.2, 0.25) is 0 Å². The molecule has 9 heavy (non-hydrogen) atoms.